The van der Waals surface area contributed by atoms with E-state index in [-0.39, 0.29) is 30.4 Å². The molecular formula is C25H27NO6. The predicted molar refractivity (Wildman–Crippen MR) is 116 cm³/mol. The summed E-state index contributed by atoms with van der Waals surface area (Å²) >= 11 is 0. The number of esters is 1. The van der Waals surface area contributed by atoms with Crippen LogP contribution in [0.3, 0.4) is 0 Å². The maximum atomic E-state index is 12.4. The normalized spacial score (nSPS) is 30.2. The van der Waals surface area contributed by atoms with Gasteiger partial charge in [-0.05, 0) is 31.0 Å². The lowest BCUT2D eigenvalue weighted by molar-refractivity contribution is -0.151. The second-order valence-electron chi connectivity index (χ2n) is 8.49. The summed E-state index contributed by atoms with van der Waals surface area (Å²) in [4.78, 5) is 14.8. The van der Waals surface area contributed by atoms with Gasteiger partial charge in [-0.3, -0.25) is 4.90 Å². The maximum Gasteiger partial charge on any atom is 0.332 e. The highest BCUT2D eigenvalue weighted by Gasteiger charge is 2.65. The van der Waals surface area contributed by atoms with Gasteiger partial charge in [-0.1, -0.05) is 17.9 Å². The summed E-state index contributed by atoms with van der Waals surface area (Å²) in [6.07, 6.45) is 6.05. The third-order valence-electron chi connectivity index (χ3n) is 7.07. The van der Waals surface area contributed by atoms with E-state index in [9.17, 15) is 4.79 Å². The maximum absolute atomic E-state index is 12.4. The summed E-state index contributed by atoms with van der Waals surface area (Å²) in [5.41, 5.74) is 1.91. The first kappa shape index (κ1) is 21.1. The van der Waals surface area contributed by atoms with Crippen LogP contribution in [0.5, 0.6) is 11.5 Å². The van der Waals surface area contributed by atoms with Crippen molar-refractivity contribution in [2.45, 2.75) is 49.3 Å². The zero-order chi connectivity index (χ0) is 22.5. The van der Waals surface area contributed by atoms with Crippen molar-refractivity contribution in [3.05, 3.63) is 47.1 Å². The van der Waals surface area contributed by atoms with Crippen LogP contribution in [0.15, 0.2) is 41.5 Å². The van der Waals surface area contributed by atoms with Crippen molar-refractivity contribution in [3.63, 3.8) is 0 Å². The number of nitrogens with zero attached hydrogens (tertiary/aromatic N) is 1. The molecular weight excluding hydrogens is 410 g/mol. The van der Waals surface area contributed by atoms with Crippen LogP contribution in [0.1, 0.15) is 24.8 Å². The van der Waals surface area contributed by atoms with E-state index in [2.05, 4.69) is 22.8 Å². The molecule has 0 aromatic heterocycles. The molecule has 2 fully saturated rings. The van der Waals surface area contributed by atoms with Crippen LogP contribution < -0.4 is 9.47 Å². The number of carbonyl (C=O) groups is 1. The van der Waals surface area contributed by atoms with Gasteiger partial charge < -0.3 is 23.7 Å². The average Bonchev–Trinajstić information content (AvgIpc) is 3.46. The molecule has 0 unspecified atom stereocenters. The molecule has 0 N–H and O–H groups in total. The quantitative estimate of drug-likeness (QED) is 0.398. The molecule has 0 amide bonds. The van der Waals surface area contributed by atoms with E-state index >= 15 is 0 Å². The second-order valence-corrected chi connectivity index (χ2v) is 8.49. The largest absolute Gasteiger partial charge is 0.493 e. The standard InChI is InChI=1S/C25H27NO6/c1-28-20-9-6-15(11-21(20)29-2)5-7-16-12-17-14-25(18(16)13-23(27)32-25)22-10-8-19(26(17)22)24(30-3)31-4/h6,9,11-13,17,19,22,24H,8,10,14H2,1-4H3/t17-,19-,22-,25+/m1/s1. The van der Waals surface area contributed by atoms with Crippen molar-refractivity contribution >= 4 is 5.97 Å². The van der Waals surface area contributed by atoms with E-state index in [1.807, 2.05) is 18.2 Å². The Hall–Kier alpha value is -2.79. The molecule has 7 nitrogen and oxygen atoms in total. The van der Waals surface area contributed by atoms with Crippen molar-refractivity contribution in [3.8, 4) is 23.3 Å². The molecule has 1 aromatic carbocycles. The van der Waals surface area contributed by atoms with Gasteiger partial charge in [0, 0.05) is 49.5 Å². The van der Waals surface area contributed by atoms with Gasteiger partial charge in [0.25, 0.3) is 0 Å². The molecule has 4 aliphatic rings. The van der Waals surface area contributed by atoms with Gasteiger partial charge >= 0.3 is 5.97 Å². The van der Waals surface area contributed by atoms with Crippen molar-refractivity contribution in [2.75, 3.05) is 28.4 Å². The van der Waals surface area contributed by atoms with E-state index in [0.717, 1.165) is 36.0 Å². The van der Waals surface area contributed by atoms with Crippen LogP contribution in [0.25, 0.3) is 0 Å². The number of fused-ring (bicyclic) bond motifs is 3. The van der Waals surface area contributed by atoms with E-state index in [1.165, 1.54) is 0 Å². The molecule has 1 aliphatic carbocycles. The average molecular weight is 437 g/mol. The van der Waals surface area contributed by atoms with Gasteiger partial charge in [0.15, 0.2) is 23.4 Å². The zero-order valence-corrected chi connectivity index (χ0v) is 18.7. The highest BCUT2D eigenvalue weighted by atomic mass is 16.7. The number of ether oxygens (including phenoxy) is 5. The van der Waals surface area contributed by atoms with E-state index in [4.69, 9.17) is 23.7 Å². The topological polar surface area (TPSA) is 66.5 Å². The third-order valence-corrected chi connectivity index (χ3v) is 7.07. The molecule has 32 heavy (non-hydrogen) atoms. The molecule has 0 radical (unpaired) electrons. The lowest BCUT2D eigenvalue weighted by atomic mass is 9.77. The Morgan fingerprint density at radius 3 is 2.59 bits per heavy atom. The molecule has 3 aliphatic heterocycles. The lowest BCUT2D eigenvalue weighted by Crippen LogP contribution is -2.48. The minimum atomic E-state index is -0.640. The summed E-state index contributed by atoms with van der Waals surface area (Å²) in [7, 11) is 6.53. The minimum Gasteiger partial charge on any atom is -0.493 e. The Labute approximate surface area is 187 Å². The molecule has 1 aromatic rings. The van der Waals surface area contributed by atoms with Crippen LogP contribution in [-0.2, 0) is 19.0 Å². The number of benzene rings is 1. The molecule has 2 bridgehead atoms. The molecule has 168 valence electrons. The Morgan fingerprint density at radius 2 is 1.88 bits per heavy atom. The second kappa shape index (κ2) is 7.96. The van der Waals surface area contributed by atoms with Gasteiger partial charge in [0.2, 0.25) is 0 Å². The van der Waals surface area contributed by atoms with Crippen LogP contribution >= 0.6 is 0 Å². The summed E-state index contributed by atoms with van der Waals surface area (Å²) in [5, 5.41) is 0. The highest BCUT2D eigenvalue weighted by molar-refractivity contribution is 5.90. The summed E-state index contributed by atoms with van der Waals surface area (Å²) in [6, 6.07) is 5.89. The van der Waals surface area contributed by atoms with Crippen molar-refractivity contribution in [1.82, 2.24) is 4.90 Å². The molecule has 3 heterocycles. The Bertz CT molecular complexity index is 1060. The summed E-state index contributed by atoms with van der Waals surface area (Å²) in [6.45, 7) is 0. The van der Waals surface area contributed by atoms with Crippen molar-refractivity contribution in [1.29, 1.82) is 0 Å². The molecule has 0 saturated carbocycles. The van der Waals surface area contributed by atoms with Gasteiger partial charge in [0.1, 0.15) is 0 Å². The zero-order valence-electron chi connectivity index (χ0n) is 18.7. The first-order valence-electron chi connectivity index (χ1n) is 10.8. The van der Waals surface area contributed by atoms with Gasteiger partial charge in [-0.2, -0.15) is 0 Å². The van der Waals surface area contributed by atoms with E-state index in [0.29, 0.717) is 11.5 Å². The number of methoxy groups -OCH3 is 4. The highest BCUT2D eigenvalue weighted by Crippen LogP contribution is 2.56. The summed E-state index contributed by atoms with van der Waals surface area (Å²) in [5.74, 6) is 7.52. The Balaban J connectivity index is 1.52. The number of hydrogen-bond acceptors (Lipinski definition) is 7. The van der Waals surface area contributed by atoms with E-state index < -0.39 is 5.60 Å². The van der Waals surface area contributed by atoms with E-state index in [1.54, 1.807) is 34.5 Å². The smallest absolute Gasteiger partial charge is 0.332 e. The Morgan fingerprint density at radius 1 is 1.09 bits per heavy atom. The van der Waals surface area contributed by atoms with Crippen molar-refractivity contribution < 1.29 is 28.5 Å². The number of carbonyl (C=O) groups excluding carboxylic acids is 1. The van der Waals surface area contributed by atoms with Gasteiger partial charge in [-0.15, -0.1) is 0 Å². The van der Waals surface area contributed by atoms with Crippen LogP contribution in [0.2, 0.25) is 0 Å². The molecule has 2 saturated heterocycles. The van der Waals surface area contributed by atoms with Gasteiger partial charge in [0.05, 0.1) is 26.3 Å². The first-order chi connectivity index (χ1) is 15.5. The van der Waals surface area contributed by atoms with Crippen LogP contribution in [-0.4, -0.2) is 69.3 Å². The van der Waals surface area contributed by atoms with Gasteiger partial charge in [-0.25, -0.2) is 4.79 Å². The lowest BCUT2D eigenvalue weighted by Gasteiger charge is -2.33. The monoisotopic (exact) mass is 437 g/mol. The van der Waals surface area contributed by atoms with Crippen LogP contribution in [0.4, 0.5) is 0 Å². The number of hydrogen-bond donors (Lipinski definition) is 0. The first-order valence-corrected chi connectivity index (χ1v) is 10.8. The molecule has 1 spiro atoms. The SMILES string of the molecule is COc1ccc(C#CC2=C[C@@H]3C[C@@]4(OC(=O)C=C24)[C@H]2CC[C@H](C(OC)OC)N32)cc1OC. The molecule has 5 rings (SSSR count). The Kier molecular flexibility index (Phi) is 5.25. The molecule has 7 heteroatoms. The fraction of sp³-hybridized carbons (Fsp3) is 0.480. The minimum absolute atomic E-state index is 0.0969. The number of rotatable bonds is 5. The van der Waals surface area contributed by atoms with Crippen molar-refractivity contribution in [2.24, 2.45) is 0 Å². The fourth-order valence-corrected chi connectivity index (χ4v) is 5.85. The summed E-state index contributed by atoms with van der Waals surface area (Å²) < 4.78 is 27.9. The fourth-order valence-electron chi connectivity index (χ4n) is 5.85. The third kappa shape index (κ3) is 3.06. The molecule has 4 atom stereocenters. The predicted octanol–water partition coefficient (Wildman–Crippen LogP) is 2.44. The van der Waals surface area contributed by atoms with Crippen LogP contribution in [0, 0.1) is 11.8 Å².